The number of hydrogen-bond acceptors (Lipinski definition) is 4. The van der Waals surface area contributed by atoms with Gasteiger partial charge in [0.05, 0.1) is 22.5 Å². The van der Waals surface area contributed by atoms with Crippen LogP contribution in [0.5, 0.6) is 0 Å². The lowest BCUT2D eigenvalue weighted by molar-refractivity contribution is -0.138. The Morgan fingerprint density at radius 3 is 1.57 bits per heavy atom. The average molecular weight is 910 g/mol. The lowest BCUT2D eigenvalue weighted by Crippen LogP contribution is -2.32. The largest absolute Gasteiger partial charge is 0.489 e. The topological polar surface area (TPSA) is 76.1 Å². The van der Waals surface area contributed by atoms with Crippen LogP contribution in [0.25, 0.3) is 33.6 Å². The molecule has 0 radical (unpaired) electrons. The van der Waals surface area contributed by atoms with Crippen LogP contribution >= 0.6 is 40.7 Å². The van der Waals surface area contributed by atoms with E-state index in [0.29, 0.717) is 17.0 Å². The number of benzene rings is 4. The van der Waals surface area contributed by atoms with E-state index in [-0.39, 0.29) is 35.8 Å². The van der Waals surface area contributed by atoms with Gasteiger partial charge in [0, 0.05) is 42.1 Å². The van der Waals surface area contributed by atoms with Gasteiger partial charge in [0.2, 0.25) is 0 Å². The molecule has 2 aliphatic carbocycles. The van der Waals surface area contributed by atoms with Crippen LogP contribution in [0.2, 0.25) is 0 Å². The molecule has 0 aliphatic heterocycles. The normalized spacial score (nSPS) is 13.3. The number of aryl methyl sites for hydroxylation is 4. The van der Waals surface area contributed by atoms with Crippen molar-refractivity contribution in [2.75, 3.05) is 0 Å². The molecule has 0 bridgehead atoms. The molecule has 2 aromatic heterocycles. The van der Waals surface area contributed by atoms with Crippen molar-refractivity contribution in [1.82, 2.24) is 19.6 Å². The number of halogens is 9. The predicted octanol–water partition coefficient (Wildman–Crippen LogP) is 10.6. The number of nitrogens with zero attached hydrogens (tertiary/aromatic N) is 4. The molecule has 8 rings (SSSR count). The van der Waals surface area contributed by atoms with Gasteiger partial charge < -0.3 is 10.0 Å². The smallest absolute Gasteiger partial charge is 0.423 e. The van der Waals surface area contributed by atoms with Gasteiger partial charge in [-0.2, -0.15) is 36.5 Å². The van der Waals surface area contributed by atoms with E-state index in [9.17, 15) is 36.4 Å². The summed E-state index contributed by atoms with van der Waals surface area (Å²) in [5, 5.41) is 26.5. The molecule has 0 spiro atoms. The molecule has 6 aromatic rings. The molecule has 0 atom stereocenters. The molecule has 0 unspecified atom stereocenters. The minimum atomic E-state index is -4.49. The first-order valence-corrected chi connectivity index (χ1v) is 19.1. The van der Waals surface area contributed by atoms with Crippen molar-refractivity contribution in [3.63, 3.8) is 0 Å². The van der Waals surface area contributed by atoms with Crippen molar-refractivity contribution in [3.8, 4) is 33.6 Å². The average Bonchev–Trinajstić information content (AvgIpc) is 3.81. The monoisotopic (exact) mass is 908 g/mol. The van der Waals surface area contributed by atoms with Crippen LogP contribution < -0.4 is 5.46 Å². The highest BCUT2D eigenvalue weighted by Gasteiger charge is 2.33. The lowest BCUT2D eigenvalue weighted by Gasteiger charge is -2.21. The maximum atomic E-state index is 13.3. The molecule has 6 nitrogen and oxygen atoms in total. The standard InChI is InChI=1S/C21H19F3N2.C11H10BF3N2O2.C10H11Br.2ClH/c1-26-20(11-12-25-26)19-13-15(21(22,23)24)9-10-18(19)17-8-4-6-14-5-2-3-7-16(14)17;1-17-10(4-5-16-17)8-6-7(11(13,14)15)2-3-9(8)12(18)19;11-10-7-3-5-8-4-1-2-6-9(8)10;;/h4,6,8-13H,2-3,5,7H2,1H3;2-6,18-19H,1H3;3,5,7H,1-2,4,6H2;2*1H. The van der Waals surface area contributed by atoms with Crippen molar-refractivity contribution in [3.05, 3.63) is 135 Å². The van der Waals surface area contributed by atoms with Crippen molar-refractivity contribution in [1.29, 1.82) is 0 Å². The van der Waals surface area contributed by atoms with Crippen molar-refractivity contribution >= 4 is 53.3 Å². The van der Waals surface area contributed by atoms with Crippen LogP contribution in [0.3, 0.4) is 0 Å². The third-order valence-corrected chi connectivity index (χ3v) is 11.0. The third-order valence-electron chi connectivity index (χ3n) is 10.2. The minimum Gasteiger partial charge on any atom is -0.423 e. The fourth-order valence-electron chi connectivity index (χ4n) is 7.39. The molecule has 0 saturated carbocycles. The van der Waals surface area contributed by atoms with E-state index in [1.165, 1.54) is 70.4 Å². The van der Waals surface area contributed by atoms with Crippen LogP contribution in [-0.2, 0) is 52.1 Å². The van der Waals surface area contributed by atoms with Gasteiger partial charge in [-0.25, -0.2) is 0 Å². The van der Waals surface area contributed by atoms with Gasteiger partial charge in [-0.15, -0.1) is 24.8 Å². The predicted molar refractivity (Wildman–Crippen MR) is 224 cm³/mol. The Labute approximate surface area is 354 Å². The summed E-state index contributed by atoms with van der Waals surface area (Å²) < 4.78 is 82.3. The van der Waals surface area contributed by atoms with Crippen molar-refractivity contribution < 1.29 is 36.4 Å². The zero-order chi connectivity index (χ0) is 40.2. The third kappa shape index (κ3) is 10.7. The molecular formula is C42H42BBrCl2F6N4O2. The van der Waals surface area contributed by atoms with E-state index < -0.39 is 30.6 Å². The SMILES string of the molecule is Brc1cccc2c1CCCC2.Cl.Cl.Cn1nccc1-c1cc(C(F)(F)F)ccc1-c1cccc2c1CCCC2.Cn1nccc1-c1cc(C(F)(F)F)ccc1B(O)O. The highest BCUT2D eigenvalue weighted by atomic mass is 79.9. The van der Waals surface area contributed by atoms with Crippen LogP contribution in [-0.4, -0.2) is 36.7 Å². The fourth-order valence-corrected chi connectivity index (χ4v) is 8.00. The van der Waals surface area contributed by atoms with Crippen molar-refractivity contribution in [2.24, 2.45) is 14.1 Å². The lowest BCUT2D eigenvalue weighted by atomic mass is 9.75. The molecule has 58 heavy (non-hydrogen) atoms. The molecule has 2 aliphatic rings. The molecule has 0 amide bonds. The maximum absolute atomic E-state index is 13.3. The zero-order valence-corrected chi connectivity index (χ0v) is 34.8. The Hall–Kier alpha value is -4.08. The van der Waals surface area contributed by atoms with E-state index in [0.717, 1.165) is 55.0 Å². The van der Waals surface area contributed by atoms with Crippen LogP contribution in [0.15, 0.2) is 102 Å². The van der Waals surface area contributed by atoms with Gasteiger partial charge in [-0.1, -0.05) is 64.5 Å². The first-order chi connectivity index (χ1) is 26.6. The van der Waals surface area contributed by atoms with Gasteiger partial charge >= 0.3 is 19.5 Å². The summed E-state index contributed by atoms with van der Waals surface area (Å²) >= 11 is 3.58. The van der Waals surface area contributed by atoms with Crippen LogP contribution in [0.4, 0.5) is 26.3 Å². The fraction of sp³-hybridized carbons (Fsp3) is 0.286. The van der Waals surface area contributed by atoms with Gasteiger partial charge in [0.25, 0.3) is 0 Å². The number of hydrogen-bond donors (Lipinski definition) is 2. The first-order valence-electron chi connectivity index (χ1n) is 18.3. The van der Waals surface area contributed by atoms with Gasteiger partial charge in [-0.05, 0) is 127 Å². The maximum Gasteiger partial charge on any atom is 0.489 e. The summed E-state index contributed by atoms with van der Waals surface area (Å²) in [4.78, 5) is 0. The molecule has 16 heteroatoms. The number of rotatable bonds is 4. The molecule has 2 N–H and O–H groups in total. The highest BCUT2D eigenvalue weighted by molar-refractivity contribution is 9.10. The second-order valence-electron chi connectivity index (χ2n) is 13.8. The second kappa shape index (κ2) is 19.8. The Balaban J connectivity index is 0.000000204. The Kier molecular flexibility index (Phi) is 15.9. The summed E-state index contributed by atoms with van der Waals surface area (Å²) in [5.74, 6) is 0. The summed E-state index contributed by atoms with van der Waals surface area (Å²) in [6.07, 6.45) is 3.70. The van der Waals surface area contributed by atoms with Crippen LogP contribution in [0, 0.1) is 0 Å². The van der Waals surface area contributed by atoms with E-state index in [4.69, 9.17) is 0 Å². The Bertz CT molecular complexity index is 2310. The highest BCUT2D eigenvalue weighted by Crippen LogP contribution is 2.41. The van der Waals surface area contributed by atoms with Gasteiger partial charge in [0.1, 0.15) is 0 Å². The minimum absolute atomic E-state index is 0. The van der Waals surface area contributed by atoms with Gasteiger partial charge in [0.15, 0.2) is 0 Å². The molecule has 0 fully saturated rings. The van der Waals surface area contributed by atoms with E-state index in [1.807, 2.05) is 12.1 Å². The number of fused-ring (bicyclic) bond motifs is 2. The van der Waals surface area contributed by atoms with E-state index in [1.54, 1.807) is 48.2 Å². The Morgan fingerprint density at radius 1 is 0.569 bits per heavy atom. The quantitative estimate of drug-likeness (QED) is 0.136. The summed E-state index contributed by atoms with van der Waals surface area (Å²) in [6.45, 7) is 0. The Morgan fingerprint density at radius 2 is 1.05 bits per heavy atom. The molecule has 308 valence electrons. The van der Waals surface area contributed by atoms with E-state index in [2.05, 4.69) is 50.4 Å². The summed E-state index contributed by atoms with van der Waals surface area (Å²) in [7, 11) is 1.45. The van der Waals surface area contributed by atoms with E-state index >= 15 is 0 Å². The summed E-state index contributed by atoms with van der Waals surface area (Å²) in [6, 6.07) is 22.7. The van der Waals surface area contributed by atoms with Crippen molar-refractivity contribution in [2.45, 2.75) is 63.7 Å². The summed E-state index contributed by atoms with van der Waals surface area (Å²) in [5.41, 5.74) is 7.74. The molecule has 4 aromatic carbocycles. The zero-order valence-electron chi connectivity index (χ0n) is 31.6. The number of alkyl halides is 6. The first kappa shape index (κ1) is 46.6. The van der Waals surface area contributed by atoms with Gasteiger partial charge in [-0.3, -0.25) is 9.36 Å². The molecule has 2 heterocycles. The van der Waals surface area contributed by atoms with Crippen LogP contribution in [0.1, 0.15) is 59.1 Å². The second-order valence-corrected chi connectivity index (χ2v) is 14.7. The molecule has 0 saturated heterocycles. The number of aromatic nitrogens is 4. The molecular weight excluding hydrogens is 868 g/mol.